The minimum atomic E-state index is 0.129. The molecule has 2 heterocycles. The van der Waals surface area contributed by atoms with E-state index in [1.54, 1.807) is 14.2 Å². The fraction of sp³-hybridized carbons (Fsp3) is 0.0909. The van der Waals surface area contributed by atoms with Crippen molar-refractivity contribution in [2.24, 2.45) is 0 Å². The second kappa shape index (κ2) is 15.2. The molecule has 0 aliphatic heterocycles. The van der Waals surface area contributed by atoms with Gasteiger partial charge in [0.05, 0.1) is 43.0 Å². The first-order valence-electron chi connectivity index (χ1n) is 9.95. The van der Waals surface area contributed by atoms with Crippen molar-refractivity contribution in [3.63, 3.8) is 0 Å². The van der Waals surface area contributed by atoms with Crippen LogP contribution < -0.4 is 32.0 Å². The lowest BCUT2D eigenvalue weighted by molar-refractivity contribution is 0.416. The van der Waals surface area contributed by atoms with E-state index in [1.807, 2.05) is 36.4 Å². The summed E-state index contributed by atoms with van der Waals surface area (Å²) in [7, 11) is 3.21. The number of nitrogens with zero attached hydrogens (tertiary/aromatic N) is 4. The Labute approximate surface area is 255 Å². The van der Waals surface area contributed by atoms with Crippen molar-refractivity contribution in [2.75, 3.05) is 36.7 Å². The van der Waals surface area contributed by atoms with Crippen molar-refractivity contribution in [1.82, 2.24) is 19.9 Å². The zero-order chi connectivity index (χ0) is 27.5. The number of methoxy groups -OCH3 is 2. The lowest BCUT2D eigenvalue weighted by atomic mass is 10.3. The van der Waals surface area contributed by atoms with Gasteiger partial charge in [-0.3, -0.25) is 0 Å². The maximum absolute atomic E-state index is 6.00. The van der Waals surface area contributed by atoms with Gasteiger partial charge in [-0.1, -0.05) is 34.8 Å². The summed E-state index contributed by atoms with van der Waals surface area (Å²) in [6.45, 7) is 0. The monoisotopic (exact) mass is 788 g/mol. The number of nitrogens with one attached hydrogen (secondary N) is 1. The molecule has 0 saturated heterocycles. The number of halogens is 5. The SMILES string of the molecule is COc1ccc(I)cc1N.COc1ccc(I)cc1Nc1nc(N)ncc1Cl.Nc1ncc(Cl)c(Cl)n1. The van der Waals surface area contributed by atoms with E-state index < -0.39 is 0 Å². The zero-order valence-corrected chi connectivity index (χ0v) is 25.9. The first kappa shape index (κ1) is 31.0. The van der Waals surface area contributed by atoms with Gasteiger partial charge in [-0.25, -0.2) is 9.97 Å². The van der Waals surface area contributed by atoms with E-state index in [2.05, 4.69) is 70.4 Å². The van der Waals surface area contributed by atoms with Crippen molar-refractivity contribution in [3.8, 4) is 11.5 Å². The Bertz CT molecular complexity index is 1350. The topological polar surface area (TPSA) is 160 Å². The molecule has 0 aliphatic carbocycles. The average molecular weight is 790 g/mol. The maximum atomic E-state index is 6.00. The molecule has 0 saturated carbocycles. The Morgan fingerprint density at radius 3 is 1.84 bits per heavy atom. The lowest BCUT2D eigenvalue weighted by Gasteiger charge is -2.12. The highest BCUT2D eigenvalue weighted by molar-refractivity contribution is 14.1. The van der Waals surface area contributed by atoms with Crippen LogP contribution in [0.2, 0.25) is 15.2 Å². The molecule has 0 amide bonds. The molecule has 10 nitrogen and oxygen atoms in total. The third-order valence-electron chi connectivity index (χ3n) is 4.09. The number of rotatable bonds is 4. The summed E-state index contributed by atoms with van der Waals surface area (Å²) in [4.78, 5) is 15.0. The minimum absolute atomic E-state index is 0.129. The Balaban J connectivity index is 0.000000214. The van der Waals surface area contributed by atoms with Gasteiger partial charge in [0.15, 0.2) is 11.0 Å². The summed E-state index contributed by atoms with van der Waals surface area (Å²) in [5.41, 5.74) is 17.7. The molecule has 196 valence electrons. The van der Waals surface area contributed by atoms with Gasteiger partial charge >= 0.3 is 0 Å². The first-order valence-corrected chi connectivity index (χ1v) is 13.2. The summed E-state index contributed by atoms with van der Waals surface area (Å²) in [5.74, 6) is 2.17. The smallest absolute Gasteiger partial charge is 0.222 e. The summed E-state index contributed by atoms with van der Waals surface area (Å²) >= 11 is 21.3. The highest BCUT2D eigenvalue weighted by atomic mass is 127. The molecular weight excluding hydrogens is 768 g/mol. The van der Waals surface area contributed by atoms with Crippen molar-refractivity contribution in [1.29, 1.82) is 0 Å². The number of nitrogen functional groups attached to an aromatic ring is 3. The molecule has 0 atom stereocenters. The number of benzene rings is 2. The summed E-state index contributed by atoms with van der Waals surface area (Å²) in [6, 6.07) is 11.4. The fourth-order valence-corrected chi connectivity index (χ4v) is 3.81. The van der Waals surface area contributed by atoms with Gasteiger partial charge in [0.2, 0.25) is 11.9 Å². The normalized spacial score (nSPS) is 9.81. The number of aromatic nitrogens is 4. The Morgan fingerprint density at radius 2 is 1.30 bits per heavy atom. The fourth-order valence-electron chi connectivity index (χ4n) is 2.44. The number of nitrogens with two attached hydrogens (primary N) is 3. The first-order chi connectivity index (χ1) is 17.5. The number of anilines is 5. The summed E-state index contributed by atoms with van der Waals surface area (Å²) in [5, 5.41) is 3.97. The Hall–Kier alpha value is -2.27. The molecule has 15 heteroatoms. The van der Waals surface area contributed by atoms with Gasteiger partial charge < -0.3 is 32.0 Å². The molecule has 0 radical (unpaired) electrons. The van der Waals surface area contributed by atoms with Gasteiger partial charge in [-0.15, -0.1) is 0 Å². The zero-order valence-electron chi connectivity index (χ0n) is 19.3. The minimum Gasteiger partial charge on any atom is -0.495 e. The quantitative estimate of drug-likeness (QED) is 0.105. The van der Waals surface area contributed by atoms with Crippen LogP contribution >= 0.6 is 80.0 Å². The second-order valence-electron chi connectivity index (χ2n) is 6.65. The molecule has 37 heavy (non-hydrogen) atoms. The number of hydrogen-bond donors (Lipinski definition) is 4. The van der Waals surface area contributed by atoms with Crippen LogP contribution in [0, 0.1) is 7.14 Å². The predicted molar refractivity (Wildman–Crippen MR) is 167 cm³/mol. The Morgan fingerprint density at radius 1 is 0.757 bits per heavy atom. The molecular formula is C22H21Cl3I2N8O2. The van der Waals surface area contributed by atoms with E-state index in [9.17, 15) is 0 Å². The van der Waals surface area contributed by atoms with E-state index in [0.29, 0.717) is 27.3 Å². The van der Waals surface area contributed by atoms with Crippen LogP contribution in [0.3, 0.4) is 0 Å². The van der Waals surface area contributed by atoms with Crippen LogP contribution in [0.4, 0.5) is 29.1 Å². The van der Waals surface area contributed by atoms with Gasteiger partial charge in [0.25, 0.3) is 0 Å². The number of hydrogen-bond acceptors (Lipinski definition) is 10. The van der Waals surface area contributed by atoms with Crippen LogP contribution in [0.5, 0.6) is 11.5 Å². The molecule has 4 aromatic rings. The van der Waals surface area contributed by atoms with Crippen molar-refractivity contribution >= 4 is 109 Å². The largest absolute Gasteiger partial charge is 0.495 e. The molecule has 0 spiro atoms. The van der Waals surface area contributed by atoms with Crippen molar-refractivity contribution < 1.29 is 9.47 Å². The van der Waals surface area contributed by atoms with Crippen LogP contribution in [0.15, 0.2) is 48.8 Å². The molecule has 0 unspecified atom stereocenters. The lowest BCUT2D eigenvalue weighted by Crippen LogP contribution is -2.01. The van der Waals surface area contributed by atoms with Crippen LogP contribution in [0.25, 0.3) is 0 Å². The van der Waals surface area contributed by atoms with Crippen LogP contribution in [0.1, 0.15) is 0 Å². The molecule has 0 fully saturated rings. The molecule has 4 rings (SSSR count). The van der Waals surface area contributed by atoms with E-state index in [1.165, 1.54) is 12.4 Å². The third kappa shape index (κ3) is 10.2. The standard InChI is InChI=1S/C11H10ClIN4O.C7H8INO.C4H3Cl2N3/c1-18-9-3-2-6(13)4-8(9)16-10-7(12)5-15-11(14)17-10;1-10-7-3-2-5(8)4-6(7)9;5-2-1-8-4(7)9-3(2)6/h2-5H,1H3,(H3,14,15,16,17);2-4H,9H2,1H3;1H,(H2,7,8,9). The van der Waals surface area contributed by atoms with Gasteiger partial charge in [0.1, 0.15) is 16.5 Å². The van der Waals surface area contributed by atoms with E-state index >= 15 is 0 Å². The summed E-state index contributed by atoms with van der Waals surface area (Å²) < 4.78 is 12.4. The van der Waals surface area contributed by atoms with E-state index in [4.69, 9.17) is 61.5 Å². The van der Waals surface area contributed by atoms with Crippen LogP contribution in [-0.2, 0) is 0 Å². The van der Waals surface area contributed by atoms with Crippen molar-refractivity contribution in [3.05, 3.63) is 71.1 Å². The molecule has 0 aliphatic rings. The molecule has 0 bridgehead atoms. The number of ether oxygens (including phenoxy) is 2. The molecule has 2 aromatic carbocycles. The van der Waals surface area contributed by atoms with E-state index in [-0.39, 0.29) is 17.0 Å². The van der Waals surface area contributed by atoms with Gasteiger partial charge in [-0.2, -0.15) is 9.97 Å². The average Bonchev–Trinajstić information content (AvgIpc) is 2.85. The highest BCUT2D eigenvalue weighted by Gasteiger charge is 2.08. The van der Waals surface area contributed by atoms with Crippen LogP contribution in [-0.4, -0.2) is 34.2 Å². The van der Waals surface area contributed by atoms with Gasteiger partial charge in [0, 0.05) is 7.14 Å². The van der Waals surface area contributed by atoms with Crippen molar-refractivity contribution in [2.45, 2.75) is 0 Å². The highest BCUT2D eigenvalue weighted by Crippen LogP contribution is 2.31. The molecule has 7 N–H and O–H groups in total. The summed E-state index contributed by atoms with van der Waals surface area (Å²) in [6.07, 6.45) is 2.80. The van der Waals surface area contributed by atoms with Gasteiger partial charge in [-0.05, 0) is 81.6 Å². The maximum Gasteiger partial charge on any atom is 0.222 e. The molecule has 2 aromatic heterocycles. The predicted octanol–water partition coefficient (Wildman–Crippen LogP) is 6.32. The Kier molecular flexibility index (Phi) is 12.7. The van der Waals surface area contributed by atoms with E-state index in [0.717, 1.165) is 18.6 Å². The third-order valence-corrected chi connectivity index (χ3v) is 6.37. The second-order valence-corrected chi connectivity index (χ2v) is 10.3.